The number of hydrogen-bond donors (Lipinski definition) is 0. The summed E-state index contributed by atoms with van der Waals surface area (Å²) in [6.07, 6.45) is 3.42. The fourth-order valence-corrected chi connectivity index (χ4v) is 2.11. The Kier molecular flexibility index (Phi) is 4.16. The monoisotopic (exact) mass is 270 g/mol. The van der Waals surface area contributed by atoms with Crippen LogP contribution in [0, 0.1) is 11.3 Å². The quantitative estimate of drug-likeness (QED) is 0.788. The molecule has 102 valence electrons. The van der Waals surface area contributed by atoms with Gasteiger partial charge in [0.05, 0.1) is 19.6 Å². The minimum absolute atomic E-state index is 0.0134. The fourth-order valence-electron chi connectivity index (χ4n) is 2.11. The van der Waals surface area contributed by atoms with Crippen molar-refractivity contribution < 1.29 is 14.3 Å². The molecule has 1 aromatic rings. The van der Waals surface area contributed by atoms with Crippen molar-refractivity contribution in [1.82, 2.24) is 4.90 Å². The van der Waals surface area contributed by atoms with Gasteiger partial charge in [-0.3, -0.25) is 14.5 Å². The highest BCUT2D eigenvalue weighted by Gasteiger charge is 2.27. The van der Waals surface area contributed by atoms with E-state index in [1.165, 1.54) is 12.0 Å². The number of benzene rings is 1. The number of rotatable bonds is 3. The van der Waals surface area contributed by atoms with Crippen LogP contribution in [-0.4, -0.2) is 23.9 Å². The fraction of sp³-hybridized carbons (Fsp3) is 0.267. The maximum absolute atomic E-state index is 12.1. The second kappa shape index (κ2) is 6.02. The van der Waals surface area contributed by atoms with Gasteiger partial charge >= 0.3 is 5.97 Å². The van der Waals surface area contributed by atoms with Crippen LogP contribution in [0.15, 0.2) is 30.5 Å². The number of methoxy groups -OCH3 is 1. The molecule has 5 heteroatoms. The Morgan fingerprint density at radius 3 is 2.80 bits per heavy atom. The molecule has 0 spiro atoms. The van der Waals surface area contributed by atoms with Crippen LogP contribution in [0.5, 0.6) is 0 Å². The molecule has 0 saturated heterocycles. The molecule has 1 heterocycles. The van der Waals surface area contributed by atoms with Gasteiger partial charge in [-0.2, -0.15) is 5.26 Å². The highest BCUT2D eigenvalue weighted by molar-refractivity contribution is 5.84. The third-order valence-electron chi connectivity index (χ3n) is 3.16. The molecule has 0 bridgehead atoms. The van der Waals surface area contributed by atoms with Crippen molar-refractivity contribution in [3.8, 4) is 6.07 Å². The van der Waals surface area contributed by atoms with Gasteiger partial charge < -0.3 is 4.74 Å². The average Bonchev–Trinajstić information content (AvgIpc) is 2.50. The Balaban J connectivity index is 2.16. The van der Waals surface area contributed by atoms with Crippen molar-refractivity contribution in [3.05, 3.63) is 41.6 Å². The largest absolute Gasteiger partial charge is 0.469 e. The van der Waals surface area contributed by atoms with Gasteiger partial charge in [-0.05, 0) is 17.2 Å². The SMILES string of the molecule is COC(=O)CCC(=O)N1C=Cc2ccccc2C1C#N. The predicted molar refractivity (Wildman–Crippen MR) is 71.9 cm³/mol. The highest BCUT2D eigenvalue weighted by atomic mass is 16.5. The normalized spacial score (nSPS) is 16.2. The molecule has 1 aromatic carbocycles. The second-order valence-electron chi connectivity index (χ2n) is 4.35. The van der Waals surface area contributed by atoms with E-state index in [4.69, 9.17) is 0 Å². The number of esters is 1. The number of fused-ring (bicyclic) bond motifs is 1. The lowest BCUT2D eigenvalue weighted by atomic mass is 9.97. The molecule has 1 amide bonds. The van der Waals surface area contributed by atoms with Crippen LogP contribution in [0.4, 0.5) is 0 Å². The summed E-state index contributed by atoms with van der Waals surface area (Å²) in [5, 5.41) is 9.31. The molecular weight excluding hydrogens is 256 g/mol. The molecule has 0 radical (unpaired) electrons. The van der Waals surface area contributed by atoms with E-state index in [-0.39, 0.29) is 18.7 Å². The minimum atomic E-state index is -0.652. The van der Waals surface area contributed by atoms with Gasteiger partial charge in [0.1, 0.15) is 6.04 Å². The lowest BCUT2D eigenvalue weighted by Gasteiger charge is -2.28. The second-order valence-corrected chi connectivity index (χ2v) is 4.35. The van der Waals surface area contributed by atoms with E-state index in [9.17, 15) is 14.9 Å². The molecule has 0 saturated carbocycles. The van der Waals surface area contributed by atoms with Crippen molar-refractivity contribution in [2.75, 3.05) is 7.11 Å². The summed E-state index contributed by atoms with van der Waals surface area (Å²) in [5.41, 5.74) is 1.72. The first-order chi connectivity index (χ1) is 9.67. The zero-order valence-corrected chi connectivity index (χ0v) is 11.1. The van der Waals surface area contributed by atoms with Crippen molar-refractivity contribution in [1.29, 1.82) is 5.26 Å². The van der Waals surface area contributed by atoms with E-state index in [0.29, 0.717) is 0 Å². The van der Waals surface area contributed by atoms with Crippen LogP contribution in [0.3, 0.4) is 0 Å². The highest BCUT2D eigenvalue weighted by Crippen LogP contribution is 2.30. The number of ether oxygens (including phenoxy) is 1. The molecule has 1 aliphatic rings. The van der Waals surface area contributed by atoms with Crippen LogP contribution >= 0.6 is 0 Å². The Bertz CT molecular complexity index is 601. The summed E-state index contributed by atoms with van der Waals surface area (Å²) in [5.74, 6) is -0.707. The minimum Gasteiger partial charge on any atom is -0.469 e. The van der Waals surface area contributed by atoms with Gasteiger partial charge in [0.2, 0.25) is 5.91 Å². The smallest absolute Gasteiger partial charge is 0.306 e. The van der Waals surface area contributed by atoms with Gasteiger partial charge in [-0.1, -0.05) is 24.3 Å². The molecule has 0 fully saturated rings. The van der Waals surface area contributed by atoms with Gasteiger partial charge in [-0.15, -0.1) is 0 Å². The van der Waals surface area contributed by atoms with E-state index in [1.807, 2.05) is 24.3 Å². The molecule has 5 nitrogen and oxygen atoms in total. The number of hydrogen-bond acceptors (Lipinski definition) is 4. The zero-order chi connectivity index (χ0) is 14.5. The van der Waals surface area contributed by atoms with E-state index >= 15 is 0 Å². The van der Waals surface area contributed by atoms with Gasteiger partial charge in [0.15, 0.2) is 0 Å². The summed E-state index contributed by atoms with van der Waals surface area (Å²) in [4.78, 5) is 24.6. The number of amides is 1. The maximum Gasteiger partial charge on any atom is 0.306 e. The summed E-state index contributed by atoms with van der Waals surface area (Å²) < 4.78 is 4.50. The number of nitrogens with zero attached hydrogens (tertiary/aromatic N) is 2. The summed E-state index contributed by atoms with van der Waals surface area (Å²) in [6.45, 7) is 0. The number of carbonyl (C=O) groups excluding carboxylic acids is 2. The van der Waals surface area contributed by atoms with Gasteiger partial charge in [0, 0.05) is 12.6 Å². The Hall–Kier alpha value is -2.61. The van der Waals surface area contributed by atoms with Crippen molar-refractivity contribution in [2.24, 2.45) is 0 Å². The zero-order valence-electron chi connectivity index (χ0n) is 11.1. The van der Waals surface area contributed by atoms with E-state index in [2.05, 4.69) is 10.8 Å². The average molecular weight is 270 g/mol. The molecule has 1 atom stereocenters. The first-order valence-electron chi connectivity index (χ1n) is 6.22. The van der Waals surface area contributed by atoms with E-state index < -0.39 is 12.0 Å². The van der Waals surface area contributed by atoms with E-state index in [1.54, 1.807) is 12.3 Å². The molecule has 0 N–H and O–H groups in total. The lowest BCUT2D eigenvalue weighted by molar-refractivity contribution is -0.143. The molecule has 1 unspecified atom stereocenters. The van der Waals surface area contributed by atoms with Crippen molar-refractivity contribution >= 4 is 18.0 Å². The van der Waals surface area contributed by atoms with Crippen LogP contribution < -0.4 is 0 Å². The van der Waals surface area contributed by atoms with Crippen LogP contribution in [0.1, 0.15) is 30.0 Å². The Morgan fingerprint density at radius 2 is 2.10 bits per heavy atom. The summed E-state index contributed by atoms with van der Waals surface area (Å²) >= 11 is 0. The number of carbonyl (C=O) groups is 2. The van der Waals surface area contributed by atoms with Gasteiger partial charge in [-0.25, -0.2) is 0 Å². The third-order valence-corrected chi connectivity index (χ3v) is 3.16. The van der Waals surface area contributed by atoms with Crippen molar-refractivity contribution in [2.45, 2.75) is 18.9 Å². The molecule has 0 aliphatic carbocycles. The van der Waals surface area contributed by atoms with Gasteiger partial charge in [0.25, 0.3) is 0 Å². The van der Waals surface area contributed by atoms with Crippen LogP contribution in [0.2, 0.25) is 0 Å². The molecule has 0 aromatic heterocycles. The number of nitriles is 1. The molecule has 2 rings (SSSR count). The van der Waals surface area contributed by atoms with Crippen LogP contribution in [-0.2, 0) is 14.3 Å². The Morgan fingerprint density at radius 1 is 1.35 bits per heavy atom. The lowest BCUT2D eigenvalue weighted by Crippen LogP contribution is -2.32. The Labute approximate surface area is 117 Å². The molecule has 20 heavy (non-hydrogen) atoms. The summed E-state index contributed by atoms with van der Waals surface area (Å²) in [6, 6.07) is 8.91. The molecule has 1 aliphatic heterocycles. The topological polar surface area (TPSA) is 70.4 Å². The first kappa shape index (κ1) is 13.8. The maximum atomic E-state index is 12.1. The summed E-state index contributed by atoms with van der Waals surface area (Å²) in [7, 11) is 1.28. The molecular formula is C15H14N2O3. The van der Waals surface area contributed by atoms with Crippen LogP contribution in [0.25, 0.3) is 6.08 Å². The van der Waals surface area contributed by atoms with E-state index in [0.717, 1.165) is 11.1 Å². The third kappa shape index (κ3) is 2.69. The first-order valence-corrected chi connectivity index (χ1v) is 6.22. The standard InChI is InChI=1S/C15H14N2O3/c1-20-15(19)7-6-14(18)17-9-8-11-4-2-3-5-12(11)13(17)10-16/h2-5,8-9,13H,6-7H2,1H3. The van der Waals surface area contributed by atoms with Crippen molar-refractivity contribution in [3.63, 3.8) is 0 Å². The predicted octanol–water partition coefficient (Wildman–Crippen LogP) is 2.02.